The number of pyridine rings is 1. The molecule has 134 valence electrons. The number of amides is 2. The van der Waals surface area contributed by atoms with Crippen molar-refractivity contribution in [2.75, 3.05) is 5.75 Å². The zero-order chi connectivity index (χ0) is 18.5. The van der Waals surface area contributed by atoms with Crippen LogP contribution in [0.2, 0.25) is 0 Å². The lowest BCUT2D eigenvalue weighted by Crippen LogP contribution is -2.45. The van der Waals surface area contributed by atoms with Crippen LogP contribution in [0.3, 0.4) is 0 Å². The molecule has 1 rings (SSSR count). The molecule has 1 atom stereocenters. The molecule has 2 amide bonds. The number of rotatable bonds is 8. The fourth-order valence-electron chi connectivity index (χ4n) is 2.19. The first kappa shape index (κ1) is 20.1. The van der Waals surface area contributed by atoms with E-state index in [-0.39, 0.29) is 28.3 Å². The maximum atomic E-state index is 12.3. The number of carbonyl (C=O) groups excluding carboxylic acids is 2. The summed E-state index contributed by atoms with van der Waals surface area (Å²) < 4.78 is 24.5. The molecule has 0 fully saturated rings. The van der Waals surface area contributed by atoms with Crippen molar-refractivity contribution >= 4 is 21.7 Å². The number of sulfone groups is 1. The smallest absolute Gasteiger partial charge is 0.270 e. The molecule has 1 aromatic rings. The molecule has 0 spiro atoms. The van der Waals surface area contributed by atoms with E-state index < -0.39 is 27.7 Å². The summed E-state index contributed by atoms with van der Waals surface area (Å²) in [5.41, 5.74) is 5.24. The van der Waals surface area contributed by atoms with Crippen LogP contribution < -0.4 is 11.1 Å². The molecule has 0 aliphatic rings. The fraction of sp³-hybridized carbons (Fsp3) is 0.562. The summed E-state index contributed by atoms with van der Waals surface area (Å²) in [5.74, 6) is -1.21. The molecule has 24 heavy (non-hydrogen) atoms. The lowest BCUT2D eigenvalue weighted by molar-refractivity contribution is -0.120. The number of primary amides is 1. The molecule has 1 heterocycles. The number of hydrogen-bond acceptors (Lipinski definition) is 5. The van der Waals surface area contributed by atoms with Gasteiger partial charge in [0.15, 0.2) is 14.9 Å². The van der Waals surface area contributed by atoms with Gasteiger partial charge in [0, 0.05) is 0 Å². The van der Waals surface area contributed by atoms with Crippen LogP contribution >= 0.6 is 0 Å². The van der Waals surface area contributed by atoms with Crippen molar-refractivity contribution in [3.05, 3.63) is 23.9 Å². The molecule has 0 radical (unpaired) electrons. The summed E-state index contributed by atoms with van der Waals surface area (Å²) in [4.78, 5) is 27.6. The number of nitrogens with two attached hydrogens (primary N) is 1. The van der Waals surface area contributed by atoms with Crippen molar-refractivity contribution in [2.45, 2.75) is 45.2 Å². The third kappa shape index (κ3) is 5.92. The van der Waals surface area contributed by atoms with Gasteiger partial charge < -0.3 is 11.1 Å². The zero-order valence-electron chi connectivity index (χ0n) is 14.4. The highest BCUT2D eigenvalue weighted by molar-refractivity contribution is 7.91. The lowest BCUT2D eigenvalue weighted by Gasteiger charge is -2.17. The summed E-state index contributed by atoms with van der Waals surface area (Å²) in [5, 5.41) is 2.36. The van der Waals surface area contributed by atoms with Crippen LogP contribution in [0.1, 0.15) is 44.6 Å². The average Bonchev–Trinajstić information content (AvgIpc) is 2.44. The van der Waals surface area contributed by atoms with Gasteiger partial charge in [-0.05, 0) is 30.4 Å². The van der Waals surface area contributed by atoms with Crippen LogP contribution in [0.25, 0.3) is 0 Å². The van der Waals surface area contributed by atoms with Crippen molar-refractivity contribution in [3.8, 4) is 0 Å². The first-order valence-electron chi connectivity index (χ1n) is 7.83. The van der Waals surface area contributed by atoms with E-state index in [1.807, 2.05) is 13.8 Å². The van der Waals surface area contributed by atoms with E-state index in [1.54, 1.807) is 13.8 Å². The lowest BCUT2D eigenvalue weighted by atomic mass is 10.0. The number of carbonyl (C=O) groups is 2. The predicted molar refractivity (Wildman–Crippen MR) is 91.0 cm³/mol. The summed E-state index contributed by atoms with van der Waals surface area (Å²) in [6.07, 6.45) is 0.395. The molecule has 7 nitrogen and oxygen atoms in total. The normalized spacial score (nSPS) is 13.1. The van der Waals surface area contributed by atoms with Crippen LogP contribution in [-0.4, -0.2) is 37.0 Å². The van der Waals surface area contributed by atoms with Crippen LogP contribution in [0.5, 0.6) is 0 Å². The Kier molecular flexibility index (Phi) is 6.89. The highest BCUT2D eigenvalue weighted by atomic mass is 32.2. The Labute approximate surface area is 143 Å². The second kappa shape index (κ2) is 8.23. The quantitative estimate of drug-likeness (QED) is 0.725. The maximum absolute atomic E-state index is 12.3. The third-order valence-corrected chi connectivity index (χ3v) is 5.15. The van der Waals surface area contributed by atoms with Gasteiger partial charge in [0.05, 0.1) is 5.75 Å². The second-order valence-corrected chi connectivity index (χ2v) is 8.58. The van der Waals surface area contributed by atoms with E-state index in [0.717, 1.165) is 0 Å². The van der Waals surface area contributed by atoms with Gasteiger partial charge in [-0.2, -0.15) is 0 Å². The van der Waals surface area contributed by atoms with E-state index in [9.17, 15) is 18.0 Å². The van der Waals surface area contributed by atoms with Gasteiger partial charge in [-0.1, -0.05) is 33.8 Å². The fourth-order valence-corrected chi connectivity index (χ4v) is 3.76. The Balaban J connectivity index is 3.00. The number of nitrogens with zero attached hydrogens (tertiary/aromatic N) is 1. The molecule has 0 aliphatic heterocycles. The first-order valence-corrected chi connectivity index (χ1v) is 9.48. The Morgan fingerprint density at radius 2 is 1.79 bits per heavy atom. The van der Waals surface area contributed by atoms with Gasteiger partial charge in [-0.15, -0.1) is 0 Å². The van der Waals surface area contributed by atoms with Crippen LogP contribution in [0.15, 0.2) is 23.2 Å². The highest BCUT2D eigenvalue weighted by Crippen LogP contribution is 2.13. The molecule has 3 N–H and O–H groups in total. The topological polar surface area (TPSA) is 119 Å². The van der Waals surface area contributed by atoms with Gasteiger partial charge in [-0.3, -0.25) is 9.59 Å². The number of nitrogens with one attached hydrogen (secondary N) is 1. The molecule has 0 unspecified atom stereocenters. The van der Waals surface area contributed by atoms with Crippen molar-refractivity contribution in [1.29, 1.82) is 0 Å². The monoisotopic (exact) mass is 355 g/mol. The Morgan fingerprint density at radius 3 is 2.29 bits per heavy atom. The summed E-state index contributed by atoms with van der Waals surface area (Å²) in [6, 6.07) is 3.39. The van der Waals surface area contributed by atoms with E-state index in [4.69, 9.17) is 5.73 Å². The van der Waals surface area contributed by atoms with Gasteiger partial charge in [0.1, 0.15) is 11.7 Å². The summed E-state index contributed by atoms with van der Waals surface area (Å²) in [6.45, 7) is 7.38. The maximum Gasteiger partial charge on any atom is 0.270 e. The van der Waals surface area contributed by atoms with Crippen molar-refractivity contribution < 1.29 is 18.0 Å². The first-order chi connectivity index (χ1) is 11.0. The molecule has 0 bridgehead atoms. The Hall–Kier alpha value is -1.96. The van der Waals surface area contributed by atoms with E-state index >= 15 is 0 Å². The van der Waals surface area contributed by atoms with Gasteiger partial charge >= 0.3 is 0 Å². The molecular weight excluding hydrogens is 330 g/mol. The van der Waals surface area contributed by atoms with Crippen molar-refractivity contribution in [1.82, 2.24) is 10.3 Å². The molecule has 0 saturated carbocycles. The molecule has 0 saturated heterocycles. The minimum absolute atomic E-state index is 0.0532. The van der Waals surface area contributed by atoms with E-state index in [0.29, 0.717) is 6.42 Å². The summed E-state index contributed by atoms with van der Waals surface area (Å²) >= 11 is 0. The van der Waals surface area contributed by atoms with E-state index in [2.05, 4.69) is 10.3 Å². The highest BCUT2D eigenvalue weighted by Gasteiger charge is 2.23. The van der Waals surface area contributed by atoms with E-state index in [1.165, 1.54) is 18.2 Å². The molecule has 0 aliphatic carbocycles. The standard InChI is InChI=1S/C16H25N3O4S/c1-10(2)8-13(15(17)20)19-16(21)12-6-5-7-14(18-12)24(22,23)9-11(3)4/h5-7,10-11,13H,8-9H2,1-4H3,(H2,17,20)(H,19,21)/t13-/m0/s1. The molecule has 8 heteroatoms. The molecular formula is C16H25N3O4S. The third-order valence-electron chi connectivity index (χ3n) is 3.18. The summed E-state index contributed by atoms with van der Waals surface area (Å²) in [7, 11) is -3.56. The van der Waals surface area contributed by atoms with Gasteiger partial charge in [0.25, 0.3) is 5.91 Å². The Morgan fingerprint density at radius 1 is 1.17 bits per heavy atom. The molecule has 0 aromatic carbocycles. The van der Waals surface area contributed by atoms with Gasteiger partial charge in [0.2, 0.25) is 5.91 Å². The van der Waals surface area contributed by atoms with Crippen LogP contribution in [0.4, 0.5) is 0 Å². The van der Waals surface area contributed by atoms with Crippen LogP contribution in [-0.2, 0) is 14.6 Å². The minimum atomic E-state index is -3.56. The number of hydrogen-bond donors (Lipinski definition) is 2. The Bertz CT molecular complexity index is 699. The van der Waals surface area contributed by atoms with Gasteiger partial charge in [-0.25, -0.2) is 13.4 Å². The van der Waals surface area contributed by atoms with Crippen molar-refractivity contribution in [3.63, 3.8) is 0 Å². The molecule has 1 aromatic heterocycles. The van der Waals surface area contributed by atoms with Crippen molar-refractivity contribution in [2.24, 2.45) is 17.6 Å². The predicted octanol–water partition coefficient (Wildman–Crippen LogP) is 1.14. The average molecular weight is 355 g/mol. The second-order valence-electron chi connectivity index (χ2n) is 6.59. The van der Waals surface area contributed by atoms with Crippen LogP contribution in [0, 0.1) is 11.8 Å². The number of aromatic nitrogens is 1. The SMILES string of the molecule is CC(C)C[C@H](NC(=O)c1cccc(S(=O)(=O)CC(C)C)n1)C(N)=O. The largest absolute Gasteiger partial charge is 0.368 e. The zero-order valence-corrected chi connectivity index (χ0v) is 15.3. The minimum Gasteiger partial charge on any atom is -0.368 e.